The Bertz CT molecular complexity index is 855. The summed E-state index contributed by atoms with van der Waals surface area (Å²) in [5.74, 6) is 0.528. The van der Waals surface area contributed by atoms with E-state index in [9.17, 15) is 4.79 Å². The number of halogens is 1. The van der Waals surface area contributed by atoms with E-state index in [0.29, 0.717) is 12.2 Å². The number of nitrogens with one attached hydrogen (secondary N) is 1. The number of rotatable bonds is 6. The number of aliphatic imine (C=N–C) groups is 1. The third kappa shape index (κ3) is 7.12. The van der Waals surface area contributed by atoms with Crippen LogP contribution in [0.3, 0.4) is 0 Å². The van der Waals surface area contributed by atoms with E-state index in [1.54, 1.807) is 6.20 Å². The maximum Gasteiger partial charge on any atom is 0.327 e. The van der Waals surface area contributed by atoms with Crippen molar-refractivity contribution < 1.29 is 9.53 Å². The van der Waals surface area contributed by atoms with Crippen molar-refractivity contribution in [1.29, 1.82) is 0 Å². The van der Waals surface area contributed by atoms with E-state index in [2.05, 4.69) is 62.5 Å². The summed E-state index contributed by atoms with van der Waals surface area (Å²) in [5.41, 5.74) is 3.44. The van der Waals surface area contributed by atoms with Crippen LogP contribution in [0.25, 0.3) is 6.08 Å². The number of likely N-dealkylation sites (tertiary alicyclic amines) is 1. The van der Waals surface area contributed by atoms with Crippen molar-refractivity contribution in [2.24, 2.45) is 4.99 Å². The second kappa shape index (κ2) is 12.3. The smallest absolute Gasteiger partial charge is 0.327 e. The van der Waals surface area contributed by atoms with Crippen LogP contribution in [0.15, 0.2) is 47.1 Å². The Kier molecular flexibility index (Phi) is 9.78. The Balaban J connectivity index is 0.00000320. The van der Waals surface area contributed by atoms with Gasteiger partial charge in [0, 0.05) is 19.6 Å². The van der Waals surface area contributed by atoms with Crippen LogP contribution >= 0.6 is 24.0 Å². The van der Waals surface area contributed by atoms with Crippen LogP contribution in [0, 0.1) is 0 Å². The summed E-state index contributed by atoms with van der Waals surface area (Å²) in [4.78, 5) is 18.3. The summed E-state index contributed by atoms with van der Waals surface area (Å²) in [7, 11) is 1.35. The molecule has 2 aromatic rings. The molecule has 0 aliphatic carbocycles. The van der Waals surface area contributed by atoms with Crippen molar-refractivity contribution in [3.05, 3.63) is 53.4 Å². The first-order chi connectivity index (χ1) is 14.2. The van der Waals surface area contributed by atoms with Gasteiger partial charge in [0.25, 0.3) is 0 Å². The van der Waals surface area contributed by atoms with E-state index in [0.717, 1.165) is 38.4 Å². The molecule has 1 saturated heterocycles. The summed E-state index contributed by atoms with van der Waals surface area (Å²) >= 11 is 0. The van der Waals surface area contributed by atoms with Crippen LogP contribution in [-0.4, -0.2) is 58.6 Å². The van der Waals surface area contributed by atoms with Crippen molar-refractivity contribution in [2.75, 3.05) is 26.7 Å². The van der Waals surface area contributed by atoms with Gasteiger partial charge < -0.3 is 15.0 Å². The SMILES string of the molecule is CCNC(=NCc1cn(CC(=O)OC)nn1)N1CCC(=Cc2ccccc2)CC1.I. The van der Waals surface area contributed by atoms with E-state index in [1.165, 1.54) is 22.9 Å². The fraction of sp³-hybridized carbons (Fsp3) is 0.429. The molecule has 1 aromatic carbocycles. The lowest BCUT2D eigenvalue weighted by molar-refractivity contribution is -0.141. The van der Waals surface area contributed by atoms with Gasteiger partial charge in [-0.05, 0) is 25.3 Å². The zero-order valence-electron chi connectivity index (χ0n) is 17.5. The first-order valence-electron chi connectivity index (χ1n) is 9.91. The molecule has 0 bridgehead atoms. The highest BCUT2D eigenvalue weighted by molar-refractivity contribution is 14.0. The molecule has 0 unspecified atom stereocenters. The number of ether oxygens (including phenoxy) is 1. The van der Waals surface area contributed by atoms with Crippen molar-refractivity contribution in [3.8, 4) is 0 Å². The number of aromatic nitrogens is 3. The van der Waals surface area contributed by atoms with E-state index in [-0.39, 0.29) is 36.5 Å². The van der Waals surface area contributed by atoms with Gasteiger partial charge in [0.2, 0.25) is 0 Å². The fourth-order valence-corrected chi connectivity index (χ4v) is 3.20. The lowest BCUT2D eigenvalue weighted by Gasteiger charge is -2.31. The maximum absolute atomic E-state index is 11.3. The number of esters is 1. The number of carbonyl (C=O) groups excluding carboxylic acids is 1. The van der Waals surface area contributed by atoms with Crippen LogP contribution in [0.5, 0.6) is 0 Å². The molecular weight excluding hydrogens is 495 g/mol. The molecule has 9 heteroatoms. The highest BCUT2D eigenvalue weighted by Gasteiger charge is 2.17. The summed E-state index contributed by atoms with van der Waals surface area (Å²) in [5, 5.41) is 11.4. The van der Waals surface area contributed by atoms with Crippen LogP contribution in [-0.2, 0) is 22.6 Å². The van der Waals surface area contributed by atoms with Gasteiger partial charge in [-0.25, -0.2) is 9.67 Å². The van der Waals surface area contributed by atoms with Gasteiger partial charge in [-0.3, -0.25) is 4.79 Å². The number of guanidine groups is 1. The topological polar surface area (TPSA) is 84.6 Å². The third-order valence-corrected chi connectivity index (χ3v) is 4.71. The monoisotopic (exact) mass is 524 g/mol. The predicted octanol–water partition coefficient (Wildman–Crippen LogP) is 2.71. The molecule has 3 rings (SSSR count). The van der Waals surface area contributed by atoms with Crippen LogP contribution in [0.4, 0.5) is 0 Å². The summed E-state index contributed by atoms with van der Waals surface area (Å²) in [6.45, 7) is 5.19. The molecule has 0 atom stereocenters. The molecule has 0 radical (unpaired) electrons. The Labute approximate surface area is 194 Å². The number of methoxy groups -OCH3 is 1. The van der Waals surface area contributed by atoms with Gasteiger partial charge >= 0.3 is 5.97 Å². The number of piperidine rings is 1. The molecule has 8 nitrogen and oxygen atoms in total. The molecule has 1 aliphatic rings. The van der Waals surface area contributed by atoms with Crippen molar-refractivity contribution in [2.45, 2.75) is 32.9 Å². The van der Waals surface area contributed by atoms with Crippen LogP contribution in [0.2, 0.25) is 0 Å². The highest BCUT2D eigenvalue weighted by atomic mass is 127. The second-order valence-electron chi connectivity index (χ2n) is 6.85. The third-order valence-electron chi connectivity index (χ3n) is 4.71. The second-order valence-corrected chi connectivity index (χ2v) is 6.85. The highest BCUT2D eigenvalue weighted by Crippen LogP contribution is 2.19. The summed E-state index contributed by atoms with van der Waals surface area (Å²) < 4.78 is 6.11. The molecule has 0 amide bonds. The maximum atomic E-state index is 11.3. The molecule has 2 heterocycles. The number of nitrogens with zero attached hydrogens (tertiary/aromatic N) is 5. The minimum Gasteiger partial charge on any atom is -0.468 e. The first-order valence-corrected chi connectivity index (χ1v) is 9.91. The lowest BCUT2D eigenvalue weighted by atomic mass is 10.0. The van der Waals surface area contributed by atoms with Gasteiger partial charge in [-0.15, -0.1) is 29.1 Å². The zero-order valence-corrected chi connectivity index (χ0v) is 19.8. The normalized spacial score (nSPS) is 14.1. The quantitative estimate of drug-likeness (QED) is 0.271. The summed E-state index contributed by atoms with van der Waals surface area (Å²) in [6.07, 6.45) is 6.06. The van der Waals surface area contributed by atoms with Crippen molar-refractivity contribution in [1.82, 2.24) is 25.2 Å². The molecule has 1 aliphatic heterocycles. The van der Waals surface area contributed by atoms with Crippen molar-refractivity contribution in [3.63, 3.8) is 0 Å². The van der Waals surface area contributed by atoms with Crippen molar-refractivity contribution >= 4 is 42.0 Å². The molecule has 162 valence electrons. The van der Waals surface area contributed by atoms with Gasteiger partial charge in [0.1, 0.15) is 12.2 Å². The number of carbonyl (C=O) groups is 1. The Morgan fingerprint density at radius 2 is 2.00 bits per heavy atom. The number of hydrogen-bond acceptors (Lipinski definition) is 5. The summed E-state index contributed by atoms with van der Waals surface area (Å²) in [6, 6.07) is 10.5. The van der Waals surface area contributed by atoms with Gasteiger partial charge in [-0.2, -0.15) is 0 Å². The Morgan fingerprint density at radius 3 is 2.67 bits per heavy atom. The standard InChI is InChI=1S/C21H28N6O2.HI/c1-3-22-21(23-14-19-15-27(25-24-19)16-20(28)29-2)26-11-9-18(10-12-26)13-17-7-5-4-6-8-17;/h4-8,13,15H,3,9-12,14,16H2,1-2H3,(H,22,23);1H. The first kappa shape index (κ1) is 23.8. The molecule has 30 heavy (non-hydrogen) atoms. The van der Waals surface area contributed by atoms with E-state index < -0.39 is 0 Å². The van der Waals surface area contributed by atoms with E-state index >= 15 is 0 Å². The zero-order chi connectivity index (χ0) is 20.5. The molecule has 1 N–H and O–H groups in total. The Hall–Kier alpha value is -2.43. The molecule has 1 fully saturated rings. The van der Waals surface area contributed by atoms with Gasteiger partial charge in [-0.1, -0.05) is 47.2 Å². The van der Waals surface area contributed by atoms with E-state index in [1.807, 2.05) is 6.07 Å². The van der Waals surface area contributed by atoms with Gasteiger partial charge in [0.15, 0.2) is 5.96 Å². The van der Waals surface area contributed by atoms with E-state index in [4.69, 9.17) is 4.99 Å². The lowest BCUT2D eigenvalue weighted by Crippen LogP contribution is -2.44. The van der Waals surface area contributed by atoms with Gasteiger partial charge in [0.05, 0.1) is 19.9 Å². The minimum atomic E-state index is -0.356. The number of benzene rings is 1. The molecule has 1 aromatic heterocycles. The minimum absolute atomic E-state index is 0. The predicted molar refractivity (Wildman–Crippen MR) is 127 cm³/mol. The average Bonchev–Trinajstić information content (AvgIpc) is 3.19. The largest absolute Gasteiger partial charge is 0.468 e. The Morgan fingerprint density at radius 1 is 1.27 bits per heavy atom. The average molecular weight is 524 g/mol. The number of hydrogen-bond donors (Lipinski definition) is 1. The molecular formula is C21H29IN6O2. The molecule has 0 saturated carbocycles. The van der Waals surface area contributed by atoms with Crippen LogP contribution < -0.4 is 5.32 Å². The molecule has 0 spiro atoms. The van der Waals surface area contributed by atoms with Crippen LogP contribution in [0.1, 0.15) is 31.0 Å². The fourth-order valence-electron chi connectivity index (χ4n) is 3.20.